The Morgan fingerprint density at radius 2 is 1.96 bits per heavy atom. The van der Waals surface area contributed by atoms with Crippen molar-refractivity contribution in [1.29, 1.82) is 0 Å². The van der Waals surface area contributed by atoms with E-state index in [9.17, 15) is 4.79 Å². The molecule has 0 aromatic heterocycles. The van der Waals surface area contributed by atoms with Gasteiger partial charge in [0, 0.05) is 39.3 Å². The molecule has 1 fully saturated rings. The maximum atomic E-state index is 12.0. The molecule has 5 nitrogen and oxygen atoms in total. The van der Waals surface area contributed by atoms with Gasteiger partial charge in [-0.1, -0.05) is 23.7 Å². The zero-order chi connectivity index (χ0) is 17.4. The summed E-state index contributed by atoms with van der Waals surface area (Å²) in [6, 6.07) is 7.91. The zero-order valence-corrected chi connectivity index (χ0v) is 15.4. The number of benzene rings is 1. The number of ether oxygens (including phenoxy) is 1. The summed E-state index contributed by atoms with van der Waals surface area (Å²) in [4.78, 5) is 16.5. The summed E-state index contributed by atoms with van der Waals surface area (Å²) < 4.78 is 5.46. The molecule has 0 saturated carbocycles. The van der Waals surface area contributed by atoms with E-state index in [0.29, 0.717) is 19.7 Å². The predicted octanol–water partition coefficient (Wildman–Crippen LogP) is 2.39. The van der Waals surface area contributed by atoms with Crippen LogP contribution in [0.4, 0.5) is 5.69 Å². The first-order chi connectivity index (χ1) is 11.6. The van der Waals surface area contributed by atoms with Gasteiger partial charge in [0.15, 0.2) is 0 Å². The van der Waals surface area contributed by atoms with Crippen LogP contribution in [0.5, 0.6) is 0 Å². The van der Waals surface area contributed by atoms with E-state index < -0.39 is 0 Å². The van der Waals surface area contributed by atoms with Crippen molar-refractivity contribution in [2.75, 3.05) is 50.8 Å². The van der Waals surface area contributed by atoms with Crippen molar-refractivity contribution in [3.63, 3.8) is 0 Å². The molecule has 1 aliphatic rings. The number of hydrogen-bond acceptors (Lipinski definition) is 4. The molecule has 2 rings (SSSR count). The third-order valence-electron chi connectivity index (χ3n) is 4.03. The average molecular weight is 354 g/mol. The zero-order valence-electron chi connectivity index (χ0n) is 14.6. The van der Waals surface area contributed by atoms with Crippen LogP contribution in [0.1, 0.15) is 20.3 Å². The third-order valence-corrected chi connectivity index (χ3v) is 4.35. The van der Waals surface area contributed by atoms with Gasteiger partial charge in [-0.15, -0.1) is 0 Å². The van der Waals surface area contributed by atoms with Crippen LogP contribution in [-0.2, 0) is 9.53 Å². The number of hydrogen-bond donors (Lipinski definition) is 1. The highest BCUT2D eigenvalue weighted by Crippen LogP contribution is 2.25. The molecule has 0 atom stereocenters. The monoisotopic (exact) mass is 353 g/mol. The first-order valence-corrected chi connectivity index (χ1v) is 9.04. The van der Waals surface area contributed by atoms with Crippen LogP contribution >= 0.6 is 11.6 Å². The molecule has 1 heterocycles. The van der Waals surface area contributed by atoms with Gasteiger partial charge in [-0.05, 0) is 32.4 Å². The lowest BCUT2D eigenvalue weighted by atomic mass is 10.2. The molecule has 24 heavy (non-hydrogen) atoms. The second kappa shape index (κ2) is 9.87. The highest BCUT2D eigenvalue weighted by Gasteiger charge is 2.20. The van der Waals surface area contributed by atoms with Gasteiger partial charge >= 0.3 is 0 Å². The lowest BCUT2D eigenvalue weighted by Crippen LogP contribution is -2.49. The van der Waals surface area contributed by atoms with Crippen molar-refractivity contribution in [1.82, 2.24) is 10.2 Å². The van der Waals surface area contributed by atoms with Gasteiger partial charge in [0.05, 0.1) is 23.4 Å². The molecule has 0 bridgehead atoms. The van der Waals surface area contributed by atoms with E-state index in [-0.39, 0.29) is 12.0 Å². The van der Waals surface area contributed by atoms with Crippen molar-refractivity contribution in [2.45, 2.75) is 26.4 Å². The van der Waals surface area contributed by atoms with Crippen LogP contribution in [0, 0.1) is 0 Å². The van der Waals surface area contributed by atoms with Gasteiger partial charge < -0.3 is 15.0 Å². The SMILES string of the molecule is CC(C)OCCCNC(=O)CN1CCN(c2ccccc2Cl)CC1. The fraction of sp³-hybridized carbons (Fsp3) is 0.611. The van der Waals surface area contributed by atoms with E-state index >= 15 is 0 Å². The Bertz CT molecular complexity index is 517. The molecule has 6 heteroatoms. The summed E-state index contributed by atoms with van der Waals surface area (Å²) in [5.41, 5.74) is 1.08. The normalized spacial score (nSPS) is 15.8. The Morgan fingerprint density at radius 1 is 1.25 bits per heavy atom. The molecular formula is C18H28ClN3O2. The minimum atomic E-state index is 0.0886. The topological polar surface area (TPSA) is 44.8 Å². The Kier molecular flexibility index (Phi) is 7.82. The van der Waals surface area contributed by atoms with E-state index in [0.717, 1.165) is 43.3 Å². The van der Waals surface area contributed by atoms with E-state index in [1.54, 1.807) is 0 Å². The Morgan fingerprint density at radius 3 is 2.62 bits per heavy atom. The number of rotatable bonds is 8. The fourth-order valence-corrected chi connectivity index (χ4v) is 2.99. The van der Waals surface area contributed by atoms with Crippen LogP contribution < -0.4 is 10.2 Å². The molecule has 0 spiro atoms. The maximum absolute atomic E-state index is 12.0. The Labute approximate surface area is 149 Å². The van der Waals surface area contributed by atoms with Gasteiger partial charge in [0.1, 0.15) is 0 Å². The molecule has 1 N–H and O–H groups in total. The summed E-state index contributed by atoms with van der Waals surface area (Å²) >= 11 is 6.25. The van der Waals surface area contributed by atoms with Gasteiger partial charge in [-0.3, -0.25) is 9.69 Å². The molecular weight excluding hydrogens is 326 g/mol. The molecule has 0 unspecified atom stereocenters. The fourth-order valence-electron chi connectivity index (χ4n) is 2.73. The van der Waals surface area contributed by atoms with Crippen LogP contribution in [0.3, 0.4) is 0 Å². The number of nitrogens with zero attached hydrogens (tertiary/aromatic N) is 2. The van der Waals surface area contributed by atoms with E-state index in [4.69, 9.17) is 16.3 Å². The molecule has 1 amide bonds. The summed E-state index contributed by atoms with van der Waals surface area (Å²) in [5, 5.41) is 3.74. The molecule has 1 aliphatic heterocycles. The van der Waals surface area contributed by atoms with Crippen LogP contribution in [-0.4, -0.2) is 62.8 Å². The lowest BCUT2D eigenvalue weighted by Gasteiger charge is -2.36. The summed E-state index contributed by atoms with van der Waals surface area (Å²) in [5.74, 6) is 0.0886. The predicted molar refractivity (Wildman–Crippen MR) is 98.8 cm³/mol. The molecule has 134 valence electrons. The summed E-state index contributed by atoms with van der Waals surface area (Å²) in [6.45, 7) is 9.37. The minimum Gasteiger partial charge on any atom is -0.379 e. The summed E-state index contributed by atoms with van der Waals surface area (Å²) in [7, 11) is 0. The number of halogens is 1. The first kappa shape index (κ1) is 19.0. The number of para-hydroxylation sites is 1. The lowest BCUT2D eigenvalue weighted by molar-refractivity contribution is -0.122. The molecule has 0 radical (unpaired) electrons. The summed E-state index contributed by atoms with van der Waals surface area (Å²) in [6.07, 6.45) is 1.10. The third kappa shape index (κ3) is 6.30. The molecule has 0 aliphatic carbocycles. The second-order valence-corrected chi connectivity index (χ2v) is 6.74. The van der Waals surface area contributed by atoms with Crippen molar-refractivity contribution >= 4 is 23.2 Å². The maximum Gasteiger partial charge on any atom is 0.234 e. The highest BCUT2D eigenvalue weighted by molar-refractivity contribution is 6.33. The Hall–Kier alpha value is -1.30. The standard InChI is InChI=1S/C18H28ClN3O2/c1-15(2)24-13-5-8-20-18(23)14-21-9-11-22(12-10-21)17-7-4-3-6-16(17)19/h3-4,6-7,15H,5,8-14H2,1-2H3,(H,20,23). The van der Waals surface area contributed by atoms with Gasteiger partial charge in [0.2, 0.25) is 5.91 Å². The number of carbonyl (C=O) groups is 1. The van der Waals surface area contributed by atoms with Crippen molar-refractivity contribution < 1.29 is 9.53 Å². The second-order valence-electron chi connectivity index (χ2n) is 6.34. The van der Waals surface area contributed by atoms with Crippen molar-refractivity contribution in [3.8, 4) is 0 Å². The highest BCUT2D eigenvalue weighted by atomic mass is 35.5. The van der Waals surface area contributed by atoms with Gasteiger partial charge in [-0.2, -0.15) is 0 Å². The smallest absolute Gasteiger partial charge is 0.234 e. The number of anilines is 1. The first-order valence-electron chi connectivity index (χ1n) is 8.66. The van der Waals surface area contributed by atoms with E-state index in [1.165, 1.54) is 0 Å². The molecule has 1 aromatic rings. The number of piperazine rings is 1. The average Bonchev–Trinajstić information content (AvgIpc) is 2.55. The van der Waals surface area contributed by atoms with Crippen molar-refractivity contribution in [2.24, 2.45) is 0 Å². The van der Waals surface area contributed by atoms with Crippen LogP contribution in [0.15, 0.2) is 24.3 Å². The largest absolute Gasteiger partial charge is 0.379 e. The molecule has 1 aromatic carbocycles. The van der Waals surface area contributed by atoms with E-state index in [2.05, 4.69) is 15.1 Å². The number of carbonyl (C=O) groups excluding carboxylic acids is 1. The van der Waals surface area contributed by atoms with E-state index in [1.807, 2.05) is 38.1 Å². The van der Waals surface area contributed by atoms with Crippen LogP contribution in [0.2, 0.25) is 5.02 Å². The van der Waals surface area contributed by atoms with Crippen molar-refractivity contribution in [3.05, 3.63) is 29.3 Å². The Balaban J connectivity index is 1.64. The molecule has 1 saturated heterocycles. The number of nitrogens with one attached hydrogen (secondary N) is 1. The van der Waals surface area contributed by atoms with Crippen LogP contribution in [0.25, 0.3) is 0 Å². The van der Waals surface area contributed by atoms with Gasteiger partial charge in [-0.25, -0.2) is 0 Å². The quantitative estimate of drug-likeness (QED) is 0.729. The minimum absolute atomic E-state index is 0.0886. The van der Waals surface area contributed by atoms with Gasteiger partial charge in [0.25, 0.3) is 0 Å². The number of amides is 1.